The number of rotatable bonds is 2. The Kier molecular flexibility index (Phi) is 2.95. The van der Waals surface area contributed by atoms with Gasteiger partial charge in [-0.1, -0.05) is 6.07 Å². The van der Waals surface area contributed by atoms with Crippen molar-refractivity contribution in [3.05, 3.63) is 65.0 Å². The van der Waals surface area contributed by atoms with Crippen molar-refractivity contribution in [2.75, 3.05) is 0 Å². The molecule has 0 radical (unpaired) electrons. The number of carbonyl (C=O) groups excluding carboxylic acids is 1. The minimum Gasteiger partial charge on any atom is -0.478 e. The fourth-order valence-corrected chi connectivity index (χ4v) is 2.34. The first kappa shape index (κ1) is 12.3. The number of nitrogens with zero attached hydrogens (tertiary/aromatic N) is 2. The molecule has 5 heteroatoms. The topological polar surface area (TPSA) is 70.5 Å². The number of hydrogen-bond donors (Lipinski definition) is 1. The highest BCUT2D eigenvalue weighted by Gasteiger charge is 2.25. The van der Waals surface area contributed by atoms with Gasteiger partial charge in [0.15, 0.2) is 0 Å². The summed E-state index contributed by atoms with van der Waals surface area (Å²) in [5, 5.41) is 8.98. The van der Waals surface area contributed by atoms with Gasteiger partial charge in [-0.15, -0.1) is 0 Å². The number of aromatic carboxylic acids is 1. The van der Waals surface area contributed by atoms with Gasteiger partial charge in [0, 0.05) is 25.5 Å². The Labute approximate surface area is 115 Å². The van der Waals surface area contributed by atoms with Crippen LogP contribution in [0.3, 0.4) is 0 Å². The van der Waals surface area contributed by atoms with Crippen molar-refractivity contribution in [2.45, 2.75) is 13.1 Å². The van der Waals surface area contributed by atoms with Gasteiger partial charge in [0.05, 0.1) is 11.1 Å². The Morgan fingerprint density at radius 3 is 2.60 bits per heavy atom. The lowest BCUT2D eigenvalue weighted by Crippen LogP contribution is -2.25. The summed E-state index contributed by atoms with van der Waals surface area (Å²) in [7, 11) is 0. The third kappa shape index (κ3) is 2.14. The number of pyridine rings is 1. The second-order valence-electron chi connectivity index (χ2n) is 4.69. The normalized spacial score (nSPS) is 13.1. The van der Waals surface area contributed by atoms with Gasteiger partial charge < -0.3 is 10.0 Å². The first-order valence-corrected chi connectivity index (χ1v) is 6.19. The summed E-state index contributed by atoms with van der Waals surface area (Å²) in [6, 6.07) is 8.42. The molecule has 1 aromatic heterocycles. The Hall–Kier alpha value is -2.69. The van der Waals surface area contributed by atoms with E-state index < -0.39 is 5.97 Å². The molecule has 1 amide bonds. The zero-order chi connectivity index (χ0) is 14.1. The molecular weight excluding hydrogens is 256 g/mol. The van der Waals surface area contributed by atoms with Crippen LogP contribution in [0.25, 0.3) is 0 Å². The third-order valence-electron chi connectivity index (χ3n) is 3.37. The molecule has 5 nitrogen and oxygen atoms in total. The van der Waals surface area contributed by atoms with Crippen molar-refractivity contribution in [3.63, 3.8) is 0 Å². The number of fused-ring (bicyclic) bond motifs is 1. The van der Waals surface area contributed by atoms with E-state index in [0.717, 1.165) is 11.1 Å². The molecule has 0 unspecified atom stereocenters. The summed E-state index contributed by atoms with van der Waals surface area (Å²) in [4.78, 5) is 28.9. The molecule has 2 heterocycles. The van der Waals surface area contributed by atoms with Crippen LogP contribution >= 0.6 is 0 Å². The van der Waals surface area contributed by atoms with E-state index in [2.05, 4.69) is 4.98 Å². The van der Waals surface area contributed by atoms with Gasteiger partial charge in [0.25, 0.3) is 5.91 Å². The van der Waals surface area contributed by atoms with Gasteiger partial charge in [0.1, 0.15) is 0 Å². The summed E-state index contributed by atoms with van der Waals surface area (Å²) in [5.74, 6) is -1.05. The van der Waals surface area contributed by atoms with Crippen molar-refractivity contribution < 1.29 is 14.7 Å². The molecule has 0 saturated carbocycles. The van der Waals surface area contributed by atoms with Gasteiger partial charge in [-0.05, 0) is 35.4 Å². The minimum atomic E-state index is -0.954. The van der Waals surface area contributed by atoms with E-state index in [1.165, 1.54) is 6.20 Å². The SMILES string of the molecule is O=C(O)c1ccc2c(c1)CN(C(=O)c1cccnc1)C2. The molecule has 0 spiro atoms. The summed E-state index contributed by atoms with van der Waals surface area (Å²) in [6.45, 7) is 0.938. The van der Waals surface area contributed by atoms with Crippen molar-refractivity contribution in [1.82, 2.24) is 9.88 Å². The summed E-state index contributed by atoms with van der Waals surface area (Å²) >= 11 is 0. The highest BCUT2D eigenvalue weighted by Crippen LogP contribution is 2.25. The van der Waals surface area contributed by atoms with Gasteiger partial charge in [-0.25, -0.2) is 4.79 Å². The van der Waals surface area contributed by atoms with Crippen LogP contribution in [0, 0.1) is 0 Å². The molecule has 1 aliphatic heterocycles. The van der Waals surface area contributed by atoms with Crippen molar-refractivity contribution in [1.29, 1.82) is 0 Å². The zero-order valence-corrected chi connectivity index (χ0v) is 10.6. The van der Waals surface area contributed by atoms with Crippen LogP contribution in [0.5, 0.6) is 0 Å². The number of aromatic nitrogens is 1. The third-order valence-corrected chi connectivity index (χ3v) is 3.37. The lowest BCUT2D eigenvalue weighted by Gasteiger charge is -2.14. The van der Waals surface area contributed by atoms with E-state index >= 15 is 0 Å². The highest BCUT2D eigenvalue weighted by molar-refractivity contribution is 5.94. The number of carboxylic acids is 1. The standard InChI is InChI=1S/C15H12N2O3/c18-14(11-2-1-5-16-7-11)17-8-12-4-3-10(15(19)20)6-13(12)9-17/h1-7H,8-9H2,(H,19,20). The maximum atomic E-state index is 12.3. The lowest BCUT2D eigenvalue weighted by molar-refractivity contribution is 0.0696. The maximum Gasteiger partial charge on any atom is 0.335 e. The van der Waals surface area contributed by atoms with E-state index in [4.69, 9.17) is 5.11 Å². The van der Waals surface area contributed by atoms with Crippen molar-refractivity contribution in [2.24, 2.45) is 0 Å². The summed E-state index contributed by atoms with van der Waals surface area (Å²) < 4.78 is 0. The molecule has 0 saturated heterocycles. The lowest BCUT2D eigenvalue weighted by atomic mass is 10.1. The molecular formula is C15H12N2O3. The monoisotopic (exact) mass is 268 g/mol. The van der Waals surface area contributed by atoms with Gasteiger partial charge in [0.2, 0.25) is 0 Å². The smallest absolute Gasteiger partial charge is 0.335 e. The fourth-order valence-electron chi connectivity index (χ4n) is 2.34. The maximum absolute atomic E-state index is 12.3. The van der Waals surface area contributed by atoms with E-state index in [1.807, 2.05) is 0 Å². The summed E-state index contributed by atoms with van der Waals surface area (Å²) in [6.07, 6.45) is 3.16. The largest absolute Gasteiger partial charge is 0.478 e. The van der Waals surface area contributed by atoms with Crippen LogP contribution in [0.2, 0.25) is 0 Å². The van der Waals surface area contributed by atoms with Crippen molar-refractivity contribution >= 4 is 11.9 Å². The van der Waals surface area contributed by atoms with E-state index in [1.54, 1.807) is 41.4 Å². The van der Waals surface area contributed by atoms with Crippen LogP contribution in [0.4, 0.5) is 0 Å². The van der Waals surface area contributed by atoms with E-state index in [0.29, 0.717) is 18.7 Å². The molecule has 0 bridgehead atoms. The molecule has 0 aliphatic carbocycles. The predicted molar refractivity (Wildman–Crippen MR) is 71.2 cm³/mol. The van der Waals surface area contributed by atoms with E-state index in [9.17, 15) is 9.59 Å². The van der Waals surface area contributed by atoms with Crippen LogP contribution in [-0.2, 0) is 13.1 Å². The first-order chi connectivity index (χ1) is 9.65. The zero-order valence-electron chi connectivity index (χ0n) is 10.6. The first-order valence-electron chi connectivity index (χ1n) is 6.19. The molecule has 1 aliphatic rings. The Morgan fingerprint density at radius 1 is 1.10 bits per heavy atom. The second kappa shape index (κ2) is 4.77. The van der Waals surface area contributed by atoms with Crippen LogP contribution in [0.1, 0.15) is 31.8 Å². The predicted octanol–water partition coefficient (Wildman–Crippen LogP) is 1.94. The fraction of sp³-hybridized carbons (Fsp3) is 0.133. The molecule has 0 atom stereocenters. The van der Waals surface area contributed by atoms with Gasteiger partial charge >= 0.3 is 5.97 Å². The van der Waals surface area contributed by atoms with Gasteiger partial charge in [-0.2, -0.15) is 0 Å². The minimum absolute atomic E-state index is 0.0915. The van der Waals surface area contributed by atoms with Crippen LogP contribution in [-0.4, -0.2) is 26.9 Å². The second-order valence-corrected chi connectivity index (χ2v) is 4.69. The Balaban J connectivity index is 1.84. The molecule has 100 valence electrons. The molecule has 1 N–H and O–H groups in total. The molecule has 1 aromatic carbocycles. The van der Waals surface area contributed by atoms with E-state index in [-0.39, 0.29) is 11.5 Å². The number of hydrogen-bond acceptors (Lipinski definition) is 3. The van der Waals surface area contributed by atoms with Gasteiger partial charge in [-0.3, -0.25) is 9.78 Å². The average molecular weight is 268 g/mol. The molecule has 2 aromatic rings. The Bertz CT molecular complexity index is 683. The average Bonchev–Trinajstić information content (AvgIpc) is 2.90. The number of amides is 1. The molecule has 20 heavy (non-hydrogen) atoms. The van der Waals surface area contributed by atoms with Crippen LogP contribution in [0.15, 0.2) is 42.7 Å². The van der Waals surface area contributed by atoms with Crippen molar-refractivity contribution in [3.8, 4) is 0 Å². The molecule has 3 rings (SSSR count). The number of carboxylic acid groups (broad SMARTS) is 1. The summed E-state index contributed by atoms with van der Waals surface area (Å²) in [5.41, 5.74) is 2.67. The molecule has 0 fully saturated rings. The number of carbonyl (C=O) groups is 2. The quantitative estimate of drug-likeness (QED) is 0.903. The van der Waals surface area contributed by atoms with Crippen LogP contribution < -0.4 is 0 Å². The number of benzene rings is 1. The Morgan fingerprint density at radius 2 is 1.90 bits per heavy atom. The highest BCUT2D eigenvalue weighted by atomic mass is 16.4.